The third-order valence-corrected chi connectivity index (χ3v) is 4.54. The third-order valence-electron chi connectivity index (χ3n) is 4.54. The van der Waals surface area contributed by atoms with Crippen molar-refractivity contribution in [2.24, 2.45) is 0 Å². The fourth-order valence-corrected chi connectivity index (χ4v) is 2.99. The summed E-state index contributed by atoms with van der Waals surface area (Å²) in [5.74, 6) is -0.158. The minimum absolute atomic E-state index is 0.0105. The van der Waals surface area contributed by atoms with Crippen molar-refractivity contribution in [1.29, 1.82) is 0 Å². The van der Waals surface area contributed by atoms with Gasteiger partial charge in [-0.1, -0.05) is 18.2 Å². The second-order valence-corrected chi connectivity index (χ2v) is 6.61. The Balaban J connectivity index is 1.62. The van der Waals surface area contributed by atoms with Crippen molar-refractivity contribution < 1.29 is 28.1 Å². The Morgan fingerprint density at radius 3 is 2.57 bits per heavy atom. The molecule has 3 rings (SSSR count). The first kappa shape index (κ1) is 20.3. The maximum Gasteiger partial charge on any atom is 0.434 e. The number of benzene rings is 1. The molecule has 1 saturated heterocycles. The average molecular weight is 398 g/mol. The summed E-state index contributed by atoms with van der Waals surface area (Å²) in [6, 6.07) is 8.64. The zero-order valence-electron chi connectivity index (χ0n) is 15.0. The lowest BCUT2D eigenvalue weighted by molar-refractivity contribution is -0.141. The minimum Gasteiger partial charge on any atom is -0.388 e. The van der Waals surface area contributed by atoms with Gasteiger partial charge in [0.05, 0.1) is 25.0 Å². The van der Waals surface area contributed by atoms with Crippen LogP contribution in [0.1, 0.15) is 5.69 Å². The number of nitrogens with one attached hydrogen (secondary N) is 1. The number of aliphatic hydroxyl groups is 2. The Kier molecular flexibility index (Phi) is 6.01. The molecule has 1 aliphatic heterocycles. The molecule has 0 radical (unpaired) electrons. The van der Waals surface area contributed by atoms with E-state index in [0.29, 0.717) is 12.7 Å². The van der Waals surface area contributed by atoms with Gasteiger partial charge in [-0.05, 0) is 12.1 Å². The van der Waals surface area contributed by atoms with Gasteiger partial charge in [0.1, 0.15) is 24.1 Å². The maximum absolute atomic E-state index is 12.7. The summed E-state index contributed by atoms with van der Waals surface area (Å²) in [6.45, 7) is 0.321. The van der Waals surface area contributed by atoms with Crippen molar-refractivity contribution in [3.63, 3.8) is 0 Å². The predicted molar refractivity (Wildman–Crippen MR) is 95.9 cm³/mol. The summed E-state index contributed by atoms with van der Waals surface area (Å²) >= 11 is 0. The molecule has 2 heterocycles. The molecule has 4 atom stereocenters. The molecule has 152 valence electrons. The first-order chi connectivity index (χ1) is 13.3. The molecule has 0 bridgehead atoms. The zero-order valence-corrected chi connectivity index (χ0v) is 15.0. The second kappa shape index (κ2) is 8.29. The number of ether oxygens (including phenoxy) is 1. The largest absolute Gasteiger partial charge is 0.434 e. The molecular weight excluding hydrogens is 377 g/mol. The van der Waals surface area contributed by atoms with Crippen LogP contribution in [0.2, 0.25) is 0 Å². The summed E-state index contributed by atoms with van der Waals surface area (Å²) in [5.41, 5.74) is -0.223. The number of hydrogen-bond donors (Lipinski definition) is 3. The van der Waals surface area contributed by atoms with Crippen LogP contribution in [0.4, 0.5) is 24.7 Å². The number of alkyl halides is 3. The third kappa shape index (κ3) is 4.70. The molecule has 28 heavy (non-hydrogen) atoms. The SMILES string of the molecule is CN(C[C@@H]1OCC(Nc2cncc(C(F)(F)F)n2)C(O)C1O)c1ccccc1. The van der Waals surface area contributed by atoms with E-state index in [1.807, 2.05) is 42.3 Å². The number of anilines is 2. The molecule has 1 aliphatic rings. The van der Waals surface area contributed by atoms with Gasteiger partial charge >= 0.3 is 6.18 Å². The van der Waals surface area contributed by atoms with Gasteiger partial charge < -0.3 is 25.2 Å². The number of aliphatic hydroxyl groups excluding tert-OH is 2. The molecule has 10 heteroatoms. The molecule has 3 N–H and O–H groups in total. The van der Waals surface area contributed by atoms with Crippen LogP contribution in [-0.2, 0) is 10.9 Å². The number of hydrogen-bond acceptors (Lipinski definition) is 7. The summed E-state index contributed by atoms with van der Waals surface area (Å²) < 4.78 is 43.9. The van der Waals surface area contributed by atoms with Crippen LogP contribution in [0.3, 0.4) is 0 Å². The van der Waals surface area contributed by atoms with Gasteiger partial charge in [0.25, 0.3) is 0 Å². The van der Waals surface area contributed by atoms with Crippen LogP contribution in [0, 0.1) is 0 Å². The van der Waals surface area contributed by atoms with Crippen LogP contribution in [-0.4, -0.2) is 64.7 Å². The zero-order chi connectivity index (χ0) is 20.3. The number of nitrogens with zero attached hydrogens (tertiary/aromatic N) is 3. The number of para-hydroxylation sites is 1. The number of halogens is 3. The predicted octanol–water partition coefficient (Wildman–Crippen LogP) is 1.53. The van der Waals surface area contributed by atoms with E-state index in [9.17, 15) is 23.4 Å². The lowest BCUT2D eigenvalue weighted by Gasteiger charge is -2.39. The fourth-order valence-electron chi connectivity index (χ4n) is 2.99. The van der Waals surface area contributed by atoms with E-state index in [1.54, 1.807) is 0 Å². The molecule has 2 aromatic rings. The Morgan fingerprint density at radius 2 is 1.89 bits per heavy atom. The number of rotatable bonds is 5. The lowest BCUT2D eigenvalue weighted by Crippen LogP contribution is -2.58. The topological polar surface area (TPSA) is 90.7 Å². The van der Waals surface area contributed by atoms with Gasteiger partial charge in [0, 0.05) is 19.3 Å². The highest BCUT2D eigenvalue weighted by molar-refractivity contribution is 5.45. The summed E-state index contributed by atoms with van der Waals surface area (Å²) in [7, 11) is 1.83. The Hall–Kier alpha value is -2.43. The minimum atomic E-state index is -4.63. The second-order valence-electron chi connectivity index (χ2n) is 6.61. The van der Waals surface area contributed by atoms with Crippen molar-refractivity contribution in [3.8, 4) is 0 Å². The van der Waals surface area contributed by atoms with E-state index in [2.05, 4.69) is 15.3 Å². The van der Waals surface area contributed by atoms with Crippen molar-refractivity contribution >= 4 is 11.5 Å². The molecule has 7 nitrogen and oxygen atoms in total. The molecule has 0 saturated carbocycles. The van der Waals surface area contributed by atoms with Crippen molar-refractivity contribution in [3.05, 3.63) is 48.4 Å². The van der Waals surface area contributed by atoms with E-state index in [4.69, 9.17) is 4.74 Å². The van der Waals surface area contributed by atoms with Crippen LogP contribution >= 0.6 is 0 Å². The highest BCUT2D eigenvalue weighted by atomic mass is 19.4. The van der Waals surface area contributed by atoms with E-state index < -0.39 is 36.2 Å². The van der Waals surface area contributed by atoms with Gasteiger partial charge in [0.2, 0.25) is 0 Å². The van der Waals surface area contributed by atoms with Crippen LogP contribution in [0.5, 0.6) is 0 Å². The first-order valence-corrected chi connectivity index (χ1v) is 8.65. The summed E-state index contributed by atoms with van der Waals surface area (Å²) in [4.78, 5) is 8.84. The molecule has 1 fully saturated rings. The fraction of sp³-hybridized carbons (Fsp3) is 0.444. The summed E-state index contributed by atoms with van der Waals surface area (Å²) in [5, 5.41) is 23.5. The van der Waals surface area contributed by atoms with E-state index in [-0.39, 0.29) is 12.4 Å². The van der Waals surface area contributed by atoms with E-state index in [0.717, 1.165) is 11.9 Å². The van der Waals surface area contributed by atoms with Gasteiger partial charge in [0.15, 0.2) is 5.69 Å². The molecular formula is C18H21F3N4O3. The van der Waals surface area contributed by atoms with Crippen molar-refractivity contribution in [1.82, 2.24) is 9.97 Å². The standard InChI is InChI=1S/C18H21F3N4O3/c1-25(11-5-3-2-4-6-11)9-13-17(27)16(26)12(10-28-13)23-15-8-22-7-14(24-15)18(19,20)21/h2-8,12-13,16-17,26-27H,9-10H2,1H3,(H,23,24)/t12?,13-,16?,17?/m0/s1. The maximum atomic E-state index is 12.7. The van der Waals surface area contributed by atoms with Crippen molar-refractivity contribution in [2.75, 3.05) is 30.4 Å². The number of likely N-dealkylation sites (N-methyl/N-ethyl adjacent to an activating group) is 1. The van der Waals surface area contributed by atoms with E-state index in [1.165, 1.54) is 0 Å². The van der Waals surface area contributed by atoms with E-state index >= 15 is 0 Å². The molecule has 0 spiro atoms. The van der Waals surface area contributed by atoms with Crippen LogP contribution in [0.25, 0.3) is 0 Å². The normalized spacial score (nSPS) is 25.4. The molecule has 3 unspecified atom stereocenters. The Morgan fingerprint density at radius 1 is 1.18 bits per heavy atom. The quantitative estimate of drug-likeness (QED) is 0.704. The molecule has 0 aliphatic carbocycles. The molecule has 0 amide bonds. The summed E-state index contributed by atoms with van der Waals surface area (Å²) in [6.07, 6.45) is -6.03. The van der Waals surface area contributed by atoms with Gasteiger partial charge in [-0.15, -0.1) is 0 Å². The van der Waals surface area contributed by atoms with Gasteiger partial charge in [-0.3, -0.25) is 4.98 Å². The molecule has 1 aromatic heterocycles. The highest BCUT2D eigenvalue weighted by Crippen LogP contribution is 2.28. The molecule has 1 aromatic carbocycles. The lowest BCUT2D eigenvalue weighted by atomic mass is 9.97. The van der Waals surface area contributed by atoms with Crippen LogP contribution in [0.15, 0.2) is 42.7 Å². The van der Waals surface area contributed by atoms with Crippen molar-refractivity contribution in [2.45, 2.75) is 30.5 Å². The number of aromatic nitrogens is 2. The van der Waals surface area contributed by atoms with Gasteiger partial charge in [-0.2, -0.15) is 13.2 Å². The first-order valence-electron chi connectivity index (χ1n) is 8.65. The monoisotopic (exact) mass is 398 g/mol. The highest BCUT2D eigenvalue weighted by Gasteiger charge is 2.39. The Bertz CT molecular complexity index is 778. The average Bonchev–Trinajstić information content (AvgIpc) is 2.68. The van der Waals surface area contributed by atoms with Gasteiger partial charge in [-0.25, -0.2) is 4.98 Å². The van der Waals surface area contributed by atoms with Crippen LogP contribution < -0.4 is 10.2 Å². The Labute approximate surface area is 159 Å². The smallest absolute Gasteiger partial charge is 0.388 e.